The molecule has 2 aliphatic rings. The van der Waals surface area contributed by atoms with Gasteiger partial charge >= 0.3 is 0 Å². The molecule has 0 spiro atoms. The Hall–Kier alpha value is -1.06. The first-order chi connectivity index (χ1) is 9.27. The summed E-state index contributed by atoms with van der Waals surface area (Å²) in [5.41, 5.74) is 5.74. The molecule has 0 bridgehead atoms. The Balaban J connectivity index is 2.13. The van der Waals surface area contributed by atoms with Crippen molar-refractivity contribution in [1.29, 1.82) is 0 Å². The van der Waals surface area contributed by atoms with Crippen LogP contribution in [0.2, 0.25) is 0 Å². The lowest BCUT2D eigenvalue weighted by Crippen LogP contribution is -2.65. The minimum Gasteiger partial charge on any atom is -0.339 e. The summed E-state index contributed by atoms with van der Waals surface area (Å²) in [6.07, 6.45) is 0. The van der Waals surface area contributed by atoms with E-state index in [0.29, 0.717) is 36.6 Å². The van der Waals surface area contributed by atoms with E-state index >= 15 is 0 Å². The van der Waals surface area contributed by atoms with E-state index in [1.54, 1.807) is 11.9 Å². The van der Waals surface area contributed by atoms with Crippen LogP contribution in [0, 0.1) is 10.1 Å². The molecule has 2 atom stereocenters. The molecule has 0 radical (unpaired) electrons. The first-order valence-corrected chi connectivity index (χ1v) is 7.37. The second-order valence-electron chi connectivity index (χ2n) is 5.36. The lowest BCUT2D eigenvalue weighted by atomic mass is 10.00. The van der Waals surface area contributed by atoms with E-state index in [9.17, 15) is 10.1 Å². The number of hydrazone groups is 1. The van der Waals surface area contributed by atoms with Crippen molar-refractivity contribution in [3.8, 4) is 0 Å². The number of rotatable bonds is 3. The van der Waals surface area contributed by atoms with Gasteiger partial charge in [-0.15, -0.1) is 0 Å². The van der Waals surface area contributed by atoms with Crippen molar-refractivity contribution >= 4 is 33.8 Å². The van der Waals surface area contributed by atoms with Crippen molar-refractivity contribution in [2.45, 2.75) is 17.7 Å². The Kier molecular flexibility index (Phi) is 4.40. The zero-order valence-corrected chi connectivity index (χ0v) is 12.9. The molecule has 2 unspecified atom stereocenters. The van der Waals surface area contributed by atoms with Crippen molar-refractivity contribution in [2.24, 2.45) is 15.8 Å². The van der Waals surface area contributed by atoms with E-state index in [2.05, 4.69) is 10.1 Å². The molecule has 0 aromatic heterocycles. The van der Waals surface area contributed by atoms with Gasteiger partial charge in [-0.1, -0.05) is 23.4 Å². The van der Waals surface area contributed by atoms with Crippen LogP contribution in [0.25, 0.3) is 0 Å². The van der Waals surface area contributed by atoms with Crippen LogP contribution in [-0.4, -0.2) is 69.3 Å². The van der Waals surface area contributed by atoms with Crippen LogP contribution in [0.4, 0.5) is 0 Å². The molecule has 2 aliphatic heterocycles. The van der Waals surface area contributed by atoms with E-state index in [4.69, 9.17) is 17.3 Å². The largest absolute Gasteiger partial charge is 0.339 e. The van der Waals surface area contributed by atoms with E-state index in [1.165, 1.54) is 11.8 Å². The quantitative estimate of drug-likeness (QED) is 0.589. The van der Waals surface area contributed by atoms with Crippen LogP contribution in [0.1, 0.15) is 6.92 Å². The number of halogens is 1. The molecule has 1 fully saturated rings. The normalized spacial score (nSPS) is 32.7. The van der Waals surface area contributed by atoms with Gasteiger partial charge in [0.05, 0.1) is 6.54 Å². The van der Waals surface area contributed by atoms with E-state index < -0.39 is 10.6 Å². The monoisotopic (exact) mass is 320 g/mol. The number of hydrogen-bond acceptors (Lipinski definition) is 5. The first kappa shape index (κ1) is 15.3. The summed E-state index contributed by atoms with van der Waals surface area (Å²) in [4.78, 5) is 18.4. The van der Waals surface area contributed by atoms with Crippen molar-refractivity contribution in [3.05, 3.63) is 10.1 Å². The van der Waals surface area contributed by atoms with Gasteiger partial charge in [0.1, 0.15) is 5.10 Å². The van der Waals surface area contributed by atoms with Gasteiger partial charge in [0.2, 0.25) is 0 Å². The highest BCUT2D eigenvalue weighted by atomic mass is 35.5. The molecule has 1 saturated heterocycles. The van der Waals surface area contributed by atoms with Gasteiger partial charge in [-0.05, 0) is 6.92 Å². The molecule has 2 rings (SSSR count). The zero-order chi connectivity index (χ0) is 14.9. The van der Waals surface area contributed by atoms with Gasteiger partial charge in [-0.2, -0.15) is 0 Å². The molecule has 10 heteroatoms. The summed E-state index contributed by atoms with van der Waals surface area (Å²) in [5.74, 6) is 0.335. The molecular weight excluding hydrogens is 304 g/mol. The third-order valence-electron chi connectivity index (χ3n) is 3.05. The van der Waals surface area contributed by atoms with E-state index in [1.807, 2.05) is 11.8 Å². The maximum Gasteiger partial charge on any atom is 0.273 e. The Morgan fingerprint density at radius 3 is 2.95 bits per heavy atom. The molecule has 0 amide bonds. The number of nitrogens with zero attached hydrogens (tertiary/aromatic N) is 5. The average molecular weight is 321 g/mol. The number of thioether (sulfide) groups is 1. The van der Waals surface area contributed by atoms with E-state index in [-0.39, 0.29) is 5.25 Å². The van der Waals surface area contributed by atoms with Crippen LogP contribution in [0.3, 0.4) is 0 Å². The van der Waals surface area contributed by atoms with Crippen LogP contribution in [0.5, 0.6) is 0 Å². The third kappa shape index (κ3) is 3.74. The van der Waals surface area contributed by atoms with Gasteiger partial charge in [0.25, 0.3) is 5.96 Å². The topological polar surface area (TPSA) is 100 Å². The fourth-order valence-corrected chi connectivity index (χ4v) is 3.77. The standard InChI is InChI=1S/C10H17ClN6O2S/c1-10(12)5-15(2)9(14-17(18)19)16(6-10)4-7-3-13-8(11)20-7/h7H,3-6,12H2,1-2H3/b14-9+. The predicted octanol–water partition coefficient (Wildman–Crippen LogP) is 0.209. The molecule has 112 valence electrons. The molecule has 0 saturated carbocycles. The minimum absolute atomic E-state index is 0.168. The number of guanidine groups is 1. The lowest BCUT2D eigenvalue weighted by molar-refractivity contribution is -0.486. The SMILES string of the molecule is CN1CC(C)(N)CN(CC2CN=C(Cl)S2)/C1=N/[N+](=O)[O-]. The van der Waals surface area contributed by atoms with Crippen LogP contribution in [0.15, 0.2) is 10.1 Å². The summed E-state index contributed by atoms with van der Waals surface area (Å²) in [6.45, 7) is 4.14. The van der Waals surface area contributed by atoms with Crippen molar-refractivity contribution < 1.29 is 5.03 Å². The summed E-state index contributed by atoms with van der Waals surface area (Å²) >= 11 is 7.32. The fraction of sp³-hybridized carbons (Fsp3) is 0.800. The fourth-order valence-electron chi connectivity index (χ4n) is 2.50. The van der Waals surface area contributed by atoms with E-state index in [0.717, 1.165) is 0 Å². The maximum absolute atomic E-state index is 10.7. The second-order valence-corrected chi connectivity index (χ2v) is 7.23. The molecule has 8 nitrogen and oxygen atoms in total. The molecule has 20 heavy (non-hydrogen) atoms. The summed E-state index contributed by atoms with van der Waals surface area (Å²) in [7, 11) is 1.75. The van der Waals surface area contributed by atoms with Crippen LogP contribution < -0.4 is 5.73 Å². The first-order valence-electron chi connectivity index (χ1n) is 6.11. The zero-order valence-electron chi connectivity index (χ0n) is 11.3. The number of aliphatic imine (C=N–C) groups is 1. The van der Waals surface area contributed by atoms with Crippen LogP contribution >= 0.6 is 23.4 Å². The number of nitro groups is 1. The minimum atomic E-state index is -0.677. The Morgan fingerprint density at radius 2 is 2.40 bits per heavy atom. The third-order valence-corrected chi connectivity index (χ3v) is 4.39. The molecule has 2 N–H and O–H groups in total. The molecule has 0 aromatic carbocycles. The molecule has 0 aromatic rings. The Bertz CT molecular complexity index is 469. The maximum atomic E-state index is 10.7. The van der Waals surface area contributed by atoms with Gasteiger partial charge in [0.15, 0.2) is 9.54 Å². The second kappa shape index (κ2) is 5.74. The summed E-state index contributed by atoms with van der Waals surface area (Å²) in [5, 5.41) is 13.7. The van der Waals surface area contributed by atoms with Crippen molar-refractivity contribution in [1.82, 2.24) is 9.80 Å². The van der Waals surface area contributed by atoms with Crippen molar-refractivity contribution in [3.63, 3.8) is 0 Å². The van der Waals surface area contributed by atoms with Gasteiger partial charge in [-0.25, -0.2) is 10.1 Å². The van der Waals surface area contributed by atoms with Gasteiger partial charge in [0, 0.05) is 37.5 Å². The highest BCUT2D eigenvalue weighted by Gasteiger charge is 2.37. The molecule has 0 aliphatic carbocycles. The van der Waals surface area contributed by atoms with Crippen molar-refractivity contribution in [2.75, 3.05) is 33.2 Å². The van der Waals surface area contributed by atoms with Gasteiger partial charge in [-0.3, -0.25) is 4.99 Å². The highest BCUT2D eigenvalue weighted by molar-refractivity contribution is 8.17. The Labute approximate surface area is 126 Å². The number of hydrogen-bond donors (Lipinski definition) is 1. The molecular formula is C10H17ClN6O2S. The smallest absolute Gasteiger partial charge is 0.273 e. The summed E-state index contributed by atoms with van der Waals surface area (Å²) < 4.78 is 0.531. The number of nitrogens with two attached hydrogens (primary N) is 1. The van der Waals surface area contributed by atoms with Gasteiger partial charge < -0.3 is 15.5 Å². The lowest BCUT2D eigenvalue weighted by Gasteiger charge is -2.44. The Morgan fingerprint density at radius 1 is 1.70 bits per heavy atom. The molecule has 2 heterocycles. The highest BCUT2D eigenvalue weighted by Crippen LogP contribution is 2.26. The van der Waals surface area contributed by atoms with Crippen LogP contribution in [-0.2, 0) is 0 Å². The number of likely N-dealkylation sites (N-methyl/N-ethyl adjacent to an activating group) is 1. The average Bonchev–Trinajstić information content (AvgIpc) is 2.68. The predicted molar refractivity (Wildman–Crippen MR) is 80.8 cm³/mol. The summed E-state index contributed by atoms with van der Waals surface area (Å²) in [6, 6.07) is 0.